The Kier molecular flexibility index (Phi) is 4.68. The van der Waals surface area contributed by atoms with Gasteiger partial charge in [-0.15, -0.1) is 0 Å². The summed E-state index contributed by atoms with van der Waals surface area (Å²) in [5.74, 6) is 0. The van der Waals surface area contributed by atoms with Crippen LogP contribution in [0.5, 0.6) is 0 Å². The molecule has 106 valence electrons. The molecule has 2 aliphatic rings. The molecule has 0 spiro atoms. The van der Waals surface area contributed by atoms with Gasteiger partial charge in [-0.2, -0.15) is 0 Å². The highest BCUT2D eigenvalue weighted by Crippen LogP contribution is 2.39. The molecule has 0 radical (unpaired) electrons. The Morgan fingerprint density at radius 2 is 1.72 bits per heavy atom. The van der Waals surface area contributed by atoms with E-state index in [-0.39, 0.29) is 5.41 Å². The zero-order valence-electron chi connectivity index (χ0n) is 12.2. The van der Waals surface area contributed by atoms with E-state index in [0.717, 1.165) is 32.7 Å². The van der Waals surface area contributed by atoms with Gasteiger partial charge in [-0.1, -0.05) is 26.7 Å². The molecule has 2 aliphatic heterocycles. The first-order valence-electron chi connectivity index (χ1n) is 7.68. The average Bonchev–Trinajstić information content (AvgIpc) is 2.89. The van der Waals surface area contributed by atoms with Crippen LogP contribution in [0.1, 0.15) is 46.0 Å². The number of hydrogen-bond acceptors (Lipinski definition) is 3. The standard InChI is InChI=1S/C15H30N2O/c1-3-14(4-2)5-8-17(9-6-14)12-15(11-16)7-10-18-13-15/h3-13,16H2,1-2H3. The molecule has 0 aliphatic carbocycles. The van der Waals surface area contributed by atoms with E-state index < -0.39 is 0 Å². The average molecular weight is 254 g/mol. The van der Waals surface area contributed by atoms with Crippen LogP contribution in [0, 0.1) is 10.8 Å². The van der Waals surface area contributed by atoms with Crippen LogP contribution in [0.15, 0.2) is 0 Å². The van der Waals surface area contributed by atoms with Gasteiger partial charge in [-0.3, -0.25) is 0 Å². The predicted molar refractivity (Wildman–Crippen MR) is 75.6 cm³/mol. The van der Waals surface area contributed by atoms with Gasteiger partial charge in [0, 0.05) is 25.1 Å². The van der Waals surface area contributed by atoms with Crippen LogP contribution < -0.4 is 5.73 Å². The molecule has 0 aromatic heterocycles. The smallest absolute Gasteiger partial charge is 0.0547 e. The number of nitrogens with zero attached hydrogens (tertiary/aromatic N) is 1. The number of hydrogen-bond donors (Lipinski definition) is 1. The molecule has 0 saturated carbocycles. The van der Waals surface area contributed by atoms with Crippen LogP contribution in [-0.2, 0) is 4.74 Å². The summed E-state index contributed by atoms with van der Waals surface area (Å²) in [5.41, 5.74) is 6.86. The molecule has 0 amide bonds. The lowest BCUT2D eigenvalue weighted by molar-refractivity contribution is 0.0551. The Hall–Kier alpha value is -0.120. The van der Waals surface area contributed by atoms with E-state index in [2.05, 4.69) is 18.7 Å². The van der Waals surface area contributed by atoms with E-state index in [4.69, 9.17) is 10.5 Å². The molecule has 2 saturated heterocycles. The fourth-order valence-electron chi connectivity index (χ4n) is 3.62. The molecule has 3 heteroatoms. The SMILES string of the molecule is CCC1(CC)CCN(CC2(CN)CCOC2)CC1. The molecule has 0 aromatic carbocycles. The zero-order chi connectivity index (χ0) is 13.1. The molecule has 2 rings (SSSR count). The van der Waals surface area contributed by atoms with E-state index >= 15 is 0 Å². The van der Waals surface area contributed by atoms with Gasteiger partial charge in [0.25, 0.3) is 0 Å². The molecule has 2 heterocycles. The van der Waals surface area contributed by atoms with Crippen LogP contribution in [0.25, 0.3) is 0 Å². The van der Waals surface area contributed by atoms with E-state index in [1.54, 1.807) is 0 Å². The van der Waals surface area contributed by atoms with Gasteiger partial charge in [0.15, 0.2) is 0 Å². The highest BCUT2D eigenvalue weighted by Gasteiger charge is 2.38. The van der Waals surface area contributed by atoms with Crippen LogP contribution in [0.3, 0.4) is 0 Å². The fourth-order valence-corrected chi connectivity index (χ4v) is 3.62. The van der Waals surface area contributed by atoms with Crippen molar-refractivity contribution >= 4 is 0 Å². The number of rotatable bonds is 5. The minimum absolute atomic E-state index is 0.248. The van der Waals surface area contributed by atoms with Gasteiger partial charge >= 0.3 is 0 Å². The van der Waals surface area contributed by atoms with Crippen molar-refractivity contribution in [1.82, 2.24) is 4.90 Å². The van der Waals surface area contributed by atoms with Crippen LogP contribution in [-0.4, -0.2) is 44.3 Å². The Balaban J connectivity index is 1.86. The molecular formula is C15H30N2O. The van der Waals surface area contributed by atoms with Crippen molar-refractivity contribution in [2.45, 2.75) is 46.0 Å². The van der Waals surface area contributed by atoms with Gasteiger partial charge in [0.05, 0.1) is 6.61 Å². The third-order valence-corrected chi connectivity index (χ3v) is 5.59. The minimum Gasteiger partial charge on any atom is -0.381 e. The van der Waals surface area contributed by atoms with Gasteiger partial charge in [-0.05, 0) is 37.8 Å². The number of nitrogens with two attached hydrogens (primary N) is 1. The molecule has 0 aromatic rings. The van der Waals surface area contributed by atoms with E-state index in [1.807, 2.05) is 0 Å². The summed E-state index contributed by atoms with van der Waals surface area (Å²) in [4.78, 5) is 2.63. The predicted octanol–water partition coefficient (Wildman–Crippen LogP) is 2.25. The molecule has 0 bridgehead atoms. The Labute approximate surface area is 112 Å². The highest BCUT2D eigenvalue weighted by molar-refractivity contribution is 4.91. The number of ether oxygens (including phenoxy) is 1. The summed E-state index contributed by atoms with van der Waals surface area (Å²) in [6.45, 7) is 10.9. The molecule has 1 unspecified atom stereocenters. The molecular weight excluding hydrogens is 224 g/mol. The summed E-state index contributed by atoms with van der Waals surface area (Å²) in [6.07, 6.45) is 6.54. The lowest BCUT2D eigenvalue weighted by Gasteiger charge is -2.43. The second-order valence-corrected chi connectivity index (χ2v) is 6.49. The summed E-state index contributed by atoms with van der Waals surface area (Å²) < 4.78 is 5.57. The van der Waals surface area contributed by atoms with Gasteiger partial charge in [0.1, 0.15) is 0 Å². The lowest BCUT2D eigenvalue weighted by Crippen LogP contribution is -2.47. The zero-order valence-corrected chi connectivity index (χ0v) is 12.2. The highest BCUT2D eigenvalue weighted by atomic mass is 16.5. The Bertz CT molecular complexity index is 247. The van der Waals surface area contributed by atoms with Crippen molar-refractivity contribution in [2.75, 3.05) is 39.4 Å². The maximum Gasteiger partial charge on any atom is 0.0547 e. The first-order chi connectivity index (χ1) is 8.67. The normalized spacial score (nSPS) is 32.8. The lowest BCUT2D eigenvalue weighted by atomic mass is 9.73. The van der Waals surface area contributed by atoms with Gasteiger partial charge < -0.3 is 15.4 Å². The molecule has 3 nitrogen and oxygen atoms in total. The van der Waals surface area contributed by atoms with E-state index in [0.29, 0.717) is 5.41 Å². The van der Waals surface area contributed by atoms with E-state index in [9.17, 15) is 0 Å². The van der Waals surface area contributed by atoms with Crippen molar-refractivity contribution in [1.29, 1.82) is 0 Å². The molecule has 2 fully saturated rings. The Morgan fingerprint density at radius 3 is 2.17 bits per heavy atom. The maximum absolute atomic E-state index is 5.98. The largest absolute Gasteiger partial charge is 0.381 e. The summed E-state index contributed by atoms with van der Waals surface area (Å²) in [7, 11) is 0. The summed E-state index contributed by atoms with van der Waals surface area (Å²) in [5, 5.41) is 0. The second-order valence-electron chi connectivity index (χ2n) is 6.49. The maximum atomic E-state index is 5.98. The van der Waals surface area contributed by atoms with Crippen LogP contribution in [0.4, 0.5) is 0 Å². The molecule has 2 N–H and O–H groups in total. The van der Waals surface area contributed by atoms with Crippen LogP contribution >= 0.6 is 0 Å². The summed E-state index contributed by atoms with van der Waals surface area (Å²) in [6, 6.07) is 0. The van der Waals surface area contributed by atoms with Crippen LogP contribution in [0.2, 0.25) is 0 Å². The third kappa shape index (κ3) is 2.89. The topological polar surface area (TPSA) is 38.5 Å². The van der Waals surface area contributed by atoms with Crippen molar-refractivity contribution in [2.24, 2.45) is 16.6 Å². The second kappa shape index (κ2) is 5.89. The first-order valence-corrected chi connectivity index (χ1v) is 7.68. The Morgan fingerprint density at radius 1 is 1.06 bits per heavy atom. The van der Waals surface area contributed by atoms with Crippen molar-refractivity contribution < 1.29 is 4.74 Å². The van der Waals surface area contributed by atoms with Crippen molar-refractivity contribution in [3.8, 4) is 0 Å². The number of piperidine rings is 1. The quantitative estimate of drug-likeness (QED) is 0.818. The molecule has 18 heavy (non-hydrogen) atoms. The van der Waals surface area contributed by atoms with Gasteiger partial charge in [0.2, 0.25) is 0 Å². The fraction of sp³-hybridized carbons (Fsp3) is 1.00. The summed E-state index contributed by atoms with van der Waals surface area (Å²) >= 11 is 0. The third-order valence-electron chi connectivity index (χ3n) is 5.59. The minimum atomic E-state index is 0.248. The number of likely N-dealkylation sites (tertiary alicyclic amines) is 1. The van der Waals surface area contributed by atoms with Crippen molar-refractivity contribution in [3.05, 3.63) is 0 Å². The first kappa shape index (κ1) is 14.3. The monoisotopic (exact) mass is 254 g/mol. The molecule has 1 atom stereocenters. The van der Waals surface area contributed by atoms with E-state index in [1.165, 1.54) is 38.8 Å². The van der Waals surface area contributed by atoms with Crippen molar-refractivity contribution in [3.63, 3.8) is 0 Å². The van der Waals surface area contributed by atoms with Gasteiger partial charge in [-0.25, -0.2) is 0 Å².